The zero-order valence-corrected chi connectivity index (χ0v) is 15.2. The van der Waals surface area contributed by atoms with Crippen molar-refractivity contribution in [1.82, 2.24) is 5.32 Å². The molecule has 0 aliphatic heterocycles. The molecule has 0 radical (unpaired) electrons. The van der Waals surface area contributed by atoms with Gasteiger partial charge in [-0.15, -0.1) is 0 Å². The Labute approximate surface area is 148 Å². The van der Waals surface area contributed by atoms with E-state index in [-0.39, 0.29) is 18.9 Å². The van der Waals surface area contributed by atoms with Gasteiger partial charge in [0, 0.05) is 24.0 Å². The number of hydrogen-bond donors (Lipinski definition) is 1. The Bertz CT molecular complexity index is 529. The van der Waals surface area contributed by atoms with Crippen LogP contribution in [0.2, 0.25) is 0 Å². The molecule has 0 bridgehead atoms. The largest absolute Gasteiger partial charge is 0.463 e. The van der Waals surface area contributed by atoms with Gasteiger partial charge in [-0.1, -0.05) is 31.3 Å². The highest BCUT2D eigenvalue weighted by atomic mass is 16.5. The molecule has 0 aromatic heterocycles. The van der Waals surface area contributed by atoms with E-state index in [9.17, 15) is 9.59 Å². The molecule has 0 aromatic rings. The molecule has 3 atom stereocenters. The van der Waals surface area contributed by atoms with Gasteiger partial charge in [0.15, 0.2) is 0 Å². The van der Waals surface area contributed by atoms with E-state index < -0.39 is 24.2 Å². The molecule has 1 N–H and O–H groups in total. The van der Waals surface area contributed by atoms with Crippen LogP contribution in [0.5, 0.6) is 0 Å². The first kappa shape index (κ1) is 21.0. The molecule has 1 rings (SSSR count). The SMILES string of the molecule is CCCCCCO[C@@H]1C=C(C(=O)OCC)C[C@H](N=[N+]=[N-])[C@H]1NC(C)=O. The van der Waals surface area contributed by atoms with Crippen LogP contribution in [0.25, 0.3) is 10.4 Å². The molecule has 140 valence electrons. The van der Waals surface area contributed by atoms with Crippen LogP contribution in [0.4, 0.5) is 0 Å². The molecule has 0 aromatic carbocycles. The molecule has 1 aliphatic carbocycles. The Morgan fingerprint density at radius 2 is 2.12 bits per heavy atom. The van der Waals surface area contributed by atoms with Crippen molar-refractivity contribution in [1.29, 1.82) is 0 Å². The fourth-order valence-corrected chi connectivity index (χ4v) is 2.81. The molecule has 1 amide bonds. The lowest BCUT2D eigenvalue weighted by Crippen LogP contribution is -2.52. The van der Waals surface area contributed by atoms with E-state index >= 15 is 0 Å². The normalized spacial score (nSPS) is 22.5. The van der Waals surface area contributed by atoms with Crippen LogP contribution < -0.4 is 5.32 Å². The van der Waals surface area contributed by atoms with Gasteiger partial charge in [0.2, 0.25) is 5.91 Å². The van der Waals surface area contributed by atoms with Gasteiger partial charge < -0.3 is 14.8 Å². The second kappa shape index (κ2) is 11.5. The van der Waals surface area contributed by atoms with Crippen LogP contribution in [-0.2, 0) is 19.1 Å². The number of carbonyl (C=O) groups is 2. The van der Waals surface area contributed by atoms with Crippen molar-refractivity contribution >= 4 is 11.9 Å². The van der Waals surface area contributed by atoms with E-state index in [1.807, 2.05) is 0 Å². The first-order valence-electron chi connectivity index (χ1n) is 8.84. The number of azide groups is 1. The monoisotopic (exact) mass is 352 g/mol. The number of nitrogens with one attached hydrogen (secondary N) is 1. The third-order valence-corrected chi connectivity index (χ3v) is 3.98. The molecule has 0 heterocycles. The van der Waals surface area contributed by atoms with Crippen molar-refractivity contribution < 1.29 is 19.1 Å². The molecule has 8 nitrogen and oxygen atoms in total. The number of hydrogen-bond acceptors (Lipinski definition) is 5. The van der Waals surface area contributed by atoms with Crippen molar-refractivity contribution in [3.63, 3.8) is 0 Å². The van der Waals surface area contributed by atoms with Crippen LogP contribution in [0.3, 0.4) is 0 Å². The average Bonchev–Trinajstić information content (AvgIpc) is 2.57. The van der Waals surface area contributed by atoms with Gasteiger partial charge in [0.1, 0.15) is 0 Å². The third-order valence-electron chi connectivity index (χ3n) is 3.98. The maximum atomic E-state index is 12.1. The smallest absolute Gasteiger partial charge is 0.333 e. The van der Waals surface area contributed by atoms with Crippen molar-refractivity contribution in [2.24, 2.45) is 5.11 Å². The standard InChI is InChI=1S/C17H28N4O4/c1-4-6-7-8-9-25-15-11-13(17(23)24-5-2)10-14(20-21-18)16(15)19-12(3)22/h11,14-16H,4-10H2,1-3H3,(H,19,22)/t14-,15+,16+/m0/s1. The summed E-state index contributed by atoms with van der Waals surface area (Å²) in [7, 11) is 0. The maximum Gasteiger partial charge on any atom is 0.333 e. The molecule has 0 saturated heterocycles. The fourth-order valence-electron chi connectivity index (χ4n) is 2.81. The minimum Gasteiger partial charge on any atom is -0.463 e. The Hall–Kier alpha value is -2.05. The van der Waals surface area contributed by atoms with Gasteiger partial charge in [-0.25, -0.2) is 4.79 Å². The minimum absolute atomic E-state index is 0.212. The van der Waals surface area contributed by atoms with Gasteiger partial charge in [-0.05, 0) is 31.4 Å². The summed E-state index contributed by atoms with van der Waals surface area (Å²) in [4.78, 5) is 26.4. The van der Waals surface area contributed by atoms with E-state index in [1.165, 1.54) is 6.92 Å². The summed E-state index contributed by atoms with van der Waals surface area (Å²) in [5, 5.41) is 6.54. The molecule has 0 fully saturated rings. The number of nitrogens with zero attached hydrogens (tertiary/aromatic N) is 3. The summed E-state index contributed by atoms with van der Waals surface area (Å²) >= 11 is 0. The summed E-state index contributed by atoms with van der Waals surface area (Å²) in [6.07, 6.45) is 5.58. The predicted octanol–water partition coefficient (Wildman–Crippen LogP) is 3.03. The molecular formula is C17H28N4O4. The summed E-state index contributed by atoms with van der Waals surface area (Å²) in [6.45, 7) is 6.04. The summed E-state index contributed by atoms with van der Waals surface area (Å²) < 4.78 is 10.9. The second-order valence-corrected chi connectivity index (χ2v) is 6.01. The molecule has 0 spiro atoms. The van der Waals surface area contributed by atoms with E-state index in [2.05, 4.69) is 22.3 Å². The van der Waals surface area contributed by atoms with Crippen LogP contribution >= 0.6 is 0 Å². The Morgan fingerprint density at radius 1 is 1.36 bits per heavy atom. The highest BCUT2D eigenvalue weighted by Crippen LogP contribution is 2.25. The lowest BCUT2D eigenvalue weighted by molar-refractivity contribution is -0.139. The van der Waals surface area contributed by atoms with E-state index in [4.69, 9.17) is 15.0 Å². The van der Waals surface area contributed by atoms with Gasteiger partial charge in [0.05, 0.1) is 24.8 Å². The molecule has 0 saturated carbocycles. The number of carbonyl (C=O) groups excluding carboxylic acids is 2. The predicted molar refractivity (Wildman–Crippen MR) is 93.8 cm³/mol. The van der Waals surface area contributed by atoms with Crippen molar-refractivity contribution in [2.45, 2.75) is 71.1 Å². The van der Waals surface area contributed by atoms with Gasteiger partial charge in [-0.3, -0.25) is 4.79 Å². The average molecular weight is 352 g/mol. The van der Waals surface area contributed by atoms with Crippen LogP contribution in [0, 0.1) is 0 Å². The molecular weight excluding hydrogens is 324 g/mol. The highest BCUT2D eigenvalue weighted by molar-refractivity contribution is 5.89. The summed E-state index contributed by atoms with van der Waals surface area (Å²) in [6, 6.07) is -1.10. The van der Waals surface area contributed by atoms with Gasteiger partial charge in [0.25, 0.3) is 0 Å². The highest BCUT2D eigenvalue weighted by Gasteiger charge is 2.36. The first-order valence-corrected chi connectivity index (χ1v) is 8.84. The number of ether oxygens (including phenoxy) is 2. The zero-order valence-electron chi connectivity index (χ0n) is 15.2. The quantitative estimate of drug-likeness (QED) is 0.214. The topological polar surface area (TPSA) is 113 Å². The Balaban J connectivity index is 2.93. The van der Waals surface area contributed by atoms with Gasteiger partial charge >= 0.3 is 5.97 Å². The summed E-state index contributed by atoms with van der Waals surface area (Å²) in [5.41, 5.74) is 9.24. The van der Waals surface area contributed by atoms with Crippen molar-refractivity contribution in [3.05, 3.63) is 22.1 Å². The number of esters is 1. The molecule has 25 heavy (non-hydrogen) atoms. The van der Waals surface area contributed by atoms with E-state index in [0.717, 1.165) is 25.7 Å². The number of rotatable bonds is 10. The van der Waals surface area contributed by atoms with Crippen molar-refractivity contribution in [2.75, 3.05) is 13.2 Å². The number of unbranched alkanes of at least 4 members (excludes halogenated alkanes) is 3. The fraction of sp³-hybridized carbons (Fsp3) is 0.765. The lowest BCUT2D eigenvalue weighted by Gasteiger charge is -2.34. The van der Waals surface area contributed by atoms with Gasteiger partial charge in [-0.2, -0.15) is 0 Å². The first-order chi connectivity index (χ1) is 12.0. The second-order valence-electron chi connectivity index (χ2n) is 6.01. The maximum absolute atomic E-state index is 12.1. The molecule has 8 heteroatoms. The van der Waals surface area contributed by atoms with Crippen LogP contribution in [-0.4, -0.2) is 43.3 Å². The number of amides is 1. The van der Waals surface area contributed by atoms with E-state index in [0.29, 0.717) is 12.2 Å². The third kappa shape index (κ3) is 7.15. The summed E-state index contributed by atoms with van der Waals surface area (Å²) in [5.74, 6) is -0.683. The Kier molecular flexibility index (Phi) is 9.65. The lowest BCUT2D eigenvalue weighted by atomic mass is 9.88. The van der Waals surface area contributed by atoms with E-state index in [1.54, 1.807) is 13.0 Å². The van der Waals surface area contributed by atoms with Crippen LogP contribution in [0.15, 0.2) is 16.8 Å². The molecule has 1 aliphatic rings. The van der Waals surface area contributed by atoms with Crippen LogP contribution in [0.1, 0.15) is 52.9 Å². The molecule has 0 unspecified atom stereocenters. The minimum atomic E-state index is -0.598. The zero-order chi connectivity index (χ0) is 18.7. The van der Waals surface area contributed by atoms with Crippen molar-refractivity contribution in [3.8, 4) is 0 Å². The Morgan fingerprint density at radius 3 is 2.72 bits per heavy atom.